The van der Waals surface area contributed by atoms with Crippen LogP contribution in [0.2, 0.25) is 0 Å². The highest BCUT2D eigenvalue weighted by Crippen LogP contribution is 2.27. The van der Waals surface area contributed by atoms with Crippen molar-refractivity contribution in [2.24, 2.45) is 0 Å². The van der Waals surface area contributed by atoms with E-state index in [1.807, 2.05) is 0 Å². The van der Waals surface area contributed by atoms with Gasteiger partial charge in [0, 0.05) is 24.5 Å². The van der Waals surface area contributed by atoms with Crippen LogP contribution >= 0.6 is 11.3 Å². The number of sulfonamides is 1. The molecule has 1 saturated heterocycles. The third-order valence-corrected chi connectivity index (χ3v) is 7.97. The predicted molar refractivity (Wildman–Crippen MR) is 106 cm³/mol. The van der Waals surface area contributed by atoms with Crippen molar-refractivity contribution in [1.82, 2.24) is 9.62 Å². The zero-order valence-corrected chi connectivity index (χ0v) is 17.3. The molecule has 1 aliphatic rings. The van der Waals surface area contributed by atoms with Crippen LogP contribution in [-0.4, -0.2) is 44.9 Å². The van der Waals surface area contributed by atoms with E-state index >= 15 is 0 Å². The second-order valence-electron chi connectivity index (χ2n) is 6.63. The number of carbonyl (C=O) groups is 1. The largest absolute Gasteiger partial charge is 0.435 e. The van der Waals surface area contributed by atoms with Crippen LogP contribution in [0.5, 0.6) is 5.75 Å². The van der Waals surface area contributed by atoms with Gasteiger partial charge in [0.15, 0.2) is 0 Å². The standard InChI is InChI=1S/C19H22F2N2O4S2/c20-19(21)27-15-5-3-14(4-6-15)9-10-22-17(24)13-16-7-8-18(28-16)29(25,26)23-11-1-2-12-23/h3-8,19H,1-2,9-13H2,(H,22,24). The first-order valence-corrected chi connectivity index (χ1v) is 11.5. The van der Waals surface area contributed by atoms with Crippen LogP contribution < -0.4 is 10.1 Å². The number of hydrogen-bond acceptors (Lipinski definition) is 5. The molecule has 0 radical (unpaired) electrons. The van der Waals surface area contributed by atoms with Crippen molar-refractivity contribution < 1.29 is 26.7 Å². The zero-order valence-electron chi connectivity index (χ0n) is 15.6. The minimum atomic E-state index is -3.45. The van der Waals surface area contributed by atoms with Gasteiger partial charge in [0.05, 0.1) is 6.42 Å². The van der Waals surface area contributed by atoms with E-state index in [9.17, 15) is 22.0 Å². The smallest absolute Gasteiger partial charge is 0.387 e. The van der Waals surface area contributed by atoms with E-state index in [1.165, 1.54) is 16.4 Å². The fourth-order valence-corrected chi connectivity index (χ4v) is 6.08. The van der Waals surface area contributed by atoms with Crippen molar-refractivity contribution in [1.29, 1.82) is 0 Å². The Morgan fingerprint density at radius 2 is 1.83 bits per heavy atom. The van der Waals surface area contributed by atoms with E-state index in [1.54, 1.807) is 24.3 Å². The molecule has 10 heteroatoms. The van der Waals surface area contributed by atoms with Gasteiger partial charge in [0.25, 0.3) is 10.0 Å². The number of amides is 1. The molecule has 1 fully saturated rings. The van der Waals surface area contributed by atoms with Crippen LogP contribution in [0, 0.1) is 0 Å². The maximum atomic E-state index is 12.5. The first kappa shape index (κ1) is 21.7. The van der Waals surface area contributed by atoms with Crippen molar-refractivity contribution in [2.45, 2.75) is 36.5 Å². The maximum Gasteiger partial charge on any atom is 0.387 e. The Bertz CT molecular complexity index is 924. The highest BCUT2D eigenvalue weighted by molar-refractivity contribution is 7.91. The number of hydrogen-bond donors (Lipinski definition) is 1. The lowest BCUT2D eigenvalue weighted by atomic mass is 10.1. The Hall–Kier alpha value is -2.04. The summed E-state index contributed by atoms with van der Waals surface area (Å²) in [5, 5.41) is 2.79. The normalized spacial score (nSPS) is 15.0. The number of benzene rings is 1. The minimum absolute atomic E-state index is 0.0881. The number of carbonyl (C=O) groups excluding carboxylic acids is 1. The van der Waals surface area contributed by atoms with Gasteiger partial charge in [0.2, 0.25) is 5.91 Å². The van der Waals surface area contributed by atoms with Crippen LogP contribution in [0.3, 0.4) is 0 Å². The molecule has 2 aromatic rings. The summed E-state index contributed by atoms with van der Waals surface area (Å²) >= 11 is 1.13. The molecule has 0 aliphatic carbocycles. The van der Waals surface area contributed by atoms with Crippen molar-refractivity contribution in [3.63, 3.8) is 0 Å². The molecule has 158 valence electrons. The fraction of sp³-hybridized carbons (Fsp3) is 0.421. The van der Waals surface area contributed by atoms with E-state index in [0.29, 0.717) is 30.9 Å². The molecule has 0 atom stereocenters. The van der Waals surface area contributed by atoms with Crippen LogP contribution in [0.4, 0.5) is 8.78 Å². The van der Waals surface area contributed by atoms with Gasteiger partial charge >= 0.3 is 6.61 Å². The molecule has 1 amide bonds. The van der Waals surface area contributed by atoms with E-state index in [4.69, 9.17) is 0 Å². The van der Waals surface area contributed by atoms with Gasteiger partial charge in [-0.25, -0.2) is 8.42 Å². The Morgan fingerprint density at radius 1 is 1.14 bits per heavy atom. The van der Waals surface area contributed by atoms with Gasteiger partial charge in [-0.2, -0.15) is 13.1 Å². The van der Waals surface area contributed by atoms with E-state index < -0.39 is 16.6 Å². The van der Waals surface area contributed by atoms with Crippen molar-refractivity contribution >= 4 is 27.3 Å². The Kier molecular flexibility index (Phi) is 7.20. The molecule has 0 saturated carbocycles. The summed E-state index contributed by atoms with van der Waals surface area (Å²) in [5.41, 5.74) is 0.877. The molecule has 6 nitrogen and oxygen atoms in total. The van der Waals surface area contributed by atoms with E-state index in [-0.39, 0.29) is 22.3 Å². The first-order chi connectivity index (χ1) is 13.8. The number of nitrogens with zero attached hydrogens (tertiary/aromatic N) is 1. The van der Waals surface area contributed by atoms with Crippen molar-refractivity contribution in [3.8, 4) is 5.75 Å². The van der Waals surface area contributed by atoms with Gasteiger partial charge in [-0.05, 0) is 49.1 Å². The van der Waals surface area contributed by atoms with Gasteiger partial charge in [-0.3, -0.25) is 4.79 Å². The summed E-state index contributed by atoms with van der Waals surface area (Å²) < 4.78 is 55.4. The van der Waals surface area contributed by atoms with Gasteiger partial charge < -0.3 is 10.1 Å². The van der Waals surface area contributed by atoms with Crippen LogP contribution in [-0.2, 0) is 27.7 Å². The average Bonchev–Trinajstić information content (AvgIpc) is 3.35. The summed E-state index contributed by atoms with van der Waals surface area (Å²) in [5.74, 6) is -0.111. The van der Waals surface area contributed by atoms with Gasteiger partial charge in [-0.1, -0.05) is 12.1 Å². The molecule has 1 aliphatic heterocycles. The Morgan fingerprint density at radius 3 is 2.48 bits per heavy atom. The highest BCUT2D eigenvalue weighted by atomic mass is 32.2. The maximum absolute atomic E-state index is 12.5. The SMILES string of the molecule is O=C(Cc1ccc(S(=O)(=O)N2CCCC2)s1)NCCc1ccc(OC(F)F)cc1. The molecule has 2 heterocycles. The quantitative estimate of drug-likeness (QED) is 0.645. The van der Waals surface area contributed by atoms with Crippen LogP contribution in [0.1, 0.15) is 23.3 Å². The van der Waals surface area contributed by atoms with Crippen molar-refractivity contribution in [2.75, 3.05) is 19.6 Å². The molecular weight excluding hydrogens is 422 g/mol. The Labute approximate surface area is 172 Å². The number of nitrogens with one attached hydrogen (secondary N) is 1. The van der Waals surface area contributed by atoms with Gasteiger partial charge in [-0.15, -0.1) is 11.3 Å². The summed E-state index contributed by atoms with van der Waals surface area (Å²) in [6.07, 6.45) is 2.41. The molecular formula is C19H22F2N2O4S2. The predicted octanol–water partition coefficient (Wildman–Crippen LogP) is 3.04. The number of alkyl halides is 2. The third-order valence-electron chi connectivity index (χ3n) is 4.52. The molecule has 3 rings (SSSR count). The molecule has 1 N–H and O–H groups in total. The fourth-order valence-electron chi connectivity index (χ4n) is 3.05. The third kappa shape index (κ3) is 5.97. The topological polar surface area (TPSA) is 75.7 Å². The Balaban J connectivity index is 1.46. The minimum Gasteiger partial charge on any atom is -0.435 e. The first-order valence-electron chi connectivity index (χ1n) is 9.24. The highest BCUT2D eigenvalue weighted by Gasteiger charge is 2.28. The average molecular weight is 445 g/mol. The van der Waals surface area contributed by atoms with Crippen LogP contribution in [0.15, 0.2) is 40.6 Å². The lowest BCUT2D eigenvalue weighted by Gasteiger charge is -2.13. The molecule has 0 unspecified atom stereocenters. The van der Waals surface area contributed by atoms with Crippen molar-refractivity contribution in [3.05, 3.63) is 46.8 Å². The summed E-state index contributed by atoms with van der Waals surface area (Å²) in [4.78, 5) is 12.8. The molecule has 29 heavy (non-hydrogen) atoms. The second kappa shape index (κ2) is 9.64. The number of halogens is 2. The number of ether oxygens (including phenoxy) is 1. The molecule has 1 aromatic carbocycles. The molecule has 1 aromatic heterocycles. The summed E-state index contributed by atoms with van der Waals surface area (Å²) in [6.45, 7) is -1.38. The van der Waals surface area contributed by atoms with E-state index in [0.717, 1.165) is 29.7 Å². The summed E-state index contributed by atoms with van der Waals surface area (Å²) in [6, 6.07) is 9.48. The molecule has 0 spiro atoms. The number of rotatable bonds is 9. The van der Waals surface area contributed by atoms with Crippen LogP contribution in [0.25, 0.3) is 0 Å². The molecule has 0 bridgehead atoms. The monoisotopic (exact) mass is 444 g/mol. The lowest BCUT2D eigenvalue weighted by molar-refractivity contribution is -0.120. The zero-order chi connectivity index (χ0) is 20.9. The van der Waals surface area contributed by atoms with E-state index in [2.05, 4.69) is 10.1 Å². The van der Waals surface area contributed by atoms with Gasteiger partial charge in [0.1, 0.15) is 9.96 Å². The number of thiophene rings is 1. The summed E-state index contributed by atoms with van der Waals surface area (Å²) in [7, 11) is -3.45. The lowest BCUT2D eigenvalue weighted by Crippen LogP contribution is -2.27. The second-order valence-corrected chi connectivity index (χ2v) is 9.96.